The second-order valence-electron chi connectivity index (χ2n) is 4.68. The summed E-state index contributed by atoms with van der Waals surface area (Å²) >= 11 is 1.33. The molecule has 0 aliphatic carbocycles. The van der Waals surface area contributed by atoms with E-state index in [-0.39, 0.29) is 12.0 Å². The number of aromatic nitrogens is 2. The number of methoxy groups -OCH3 is 1. The second-order valence-corrected chi connectivity index (χ2v) is 5.68. The number of hydrogen-bond acceptors (Lipinski definition) is 7. The molecule has 21 heavy (non-hydrogen) atoms. The predicted molar refractivity (Wildman–Crippen MR) is 83.1 cm³/mol. The Kier molecular flexibility index (Phi) is 5.08. The molecule has 0 unspecified atom stereocenters. The summed E-state index contributed by atoms with van der Waals surface area (Å²) in [6.45, 7) is 6.61. The lowest BCUT2D eigenvalue weighted by Crippen LogP contribution is -2.21. The van der Waals surface area contributed by atoms with Gasteiger partial charge in [-0.25, -0.2) is 14.8 Å². The summed E-state index contributed by atoms with van der Waals surface area (Å²) in [6, 6.07) is 0.110. The predicted octanol–water partition coefficient (Wildman–Crippen LogP) is 2.62. The number of thiophene rings is 1. The third-order valence-electron chi connectivity index (χ3n) is 2.99. The van der Waals surface area contributed by atoms with E-state index >= 15 is 0 Å². The van der Waals surface area contributed by atoms with Crippen molar-refractivity contribution >= 4 is 33.3 Å². The van der Waals surface area contributed by atoms with Crippen molar-refractivity contribution in [2.45, 2.75) is 26.8 Å². The lowest BCUT2D eigenvalue weighted by atomic mass is 10.2. The third-order valence-corrected chi connectivity index (χ3v) is 4.17. The Hall–Kier alpha value is -1.73. The number of hydrogen-bond donors (Lipinski definition) is 1. The average Bonchev–Trinajstić information content (AvgIpc) is 2.78. The molecule has 114 valence electrons. The molecule has 0 saturated carbocycles. The molecular formula is C14H19N3O3S. The highest BCUT2D eigenvalue weighted by atomic mass is 32.1. The van der Waals surface area contributed by atoms with E-state index in [1.165, 1.54) is 17.7 Å². The summed E-state index contributed by atoms with van der Waals surface area (Å²) in [6.07, 6.45) is 1.50. The number of aryl methyl sites for hydroxylation is 1. The topological polar surface area (TPSA) is 73.3 Å². The Balaban J connectivity index is 2.42. The molecule has 0 radical (unpaired) electrons. The molecule has 1 atom stereocenters. The molecule has 0 spiro atoms. The van der Waals surface area contributed by atoms with Gasteiger partial charge in [-0.1, -0.05) is 0 Å². The molecule has 0 amide bonds. The maximum atomic E-state index is 12.0. The Bertz CT molecular complexity index is 642. The molecule has 2 rings (SSSR count). The van der Waals surface area contributed by atoms with E-state index in [2.05, 4.69) is 15.3 Å². The first-order valence-electron chi connectivity index (χ1n) is 6.75. The minimum atomic E-state index is -0.311. The zero-order valence-electron chi connectivity index (χ0n) is 12.6. The molecule has 0 aliphatic rings. The van der Waals surface area contributed by atoms with Gasteiger partial charge in [-0.05, 0) is 26.3 Å². The fraction of sp³-hybridized carbons (Fsp3) is 0.500. The molecule has 0 fully saturated rings. The average molecular weight is 309 g/mol. The molecule has 2 aromatic heterocycles. The van der Waals surface area contributed by atoms with Crippen LogP contribution in [-0.4, -0.2) is 42.3 Å². The van der Waals surface area contributed by atoms with E-state index in [4.69, 9.17) is 9.47 Å². The Morgan fingerprint density at radius 1 is 1.48 bits per heavy atom. The fourth-order valence-electron chi connectivity index (χ4n) is 2.10. The van der Waals surface area contributed by atoms with Gasteiger partial charge in [0.25, 0.3) is 0 Å². The minimum absolute atomic E-state index is 0.110. The van der Waals surface area contributed by atoms with Crippen LogP contribution in [0.25, 0.3) is 10.2 Å². The van der Waals surface area contributed by atoms with Crippen LogP contribution < -0.4 is 5.32 Å². The van der Waals surface area contributed by atoms with Gasteiger partial charge in [0, 0.05) is 13.2 Å². The standard InChI is InChI=1S/C14H19N3O3S/c1-5-20-14(18)11-9(3)10-12(17-8(2)6-19-4)15-7-16-13(10)21-11/h7-8H,5-6H2,1-4H3,(H,15,16,17)/t8-/m1/s1. The van der Waals surface area contributed by atoms with Gasteiger partial charge in [-0.2, -0.15) is 0 Å². The normalized spacial score (nSPS) is 12.4. The van der Waals surface area contributed by atoms with Crippen molar-refractivity contribution in [1.82, 2.24) is 9.97 Å². The number of fused-ring (bicyclic) bond motifs is 1. The zero-order valence-corrected chi connectivity index (χ0v) is 13.4. The van der Waals surface area contributed by atoms with Crippen LogP contribution in [0.3, 0.4) is 0 Å². The Morgan fingerprint density at radius 3 is 2.90 bits per heavy atom. The van der Waals surface area contributed by atoms with Crippen LogP contribution in [0, 0.1) is 6.92 Å². The largest absolute Gasteiger partial charge is 0.462 e. The number of carbonyl (C=O) groups excluding carboxylic acids is 1. The van der Waals surface area contributed by atoms with Crippen LogP contribution in [0.2, 0.25) is 0 Å². The number of esters is 1. The molecule has 0 aromatic carbocycles. The first-order chi connectivity index (χ1) is 10.1. The molecule has 7 heteroatoms. The van der Waals surface area contributed by atoms with E-state index in [9.17, 15) is 4.79 Å². The first kappa shape index (κ1) is 15.7. The molecule has 2 aromatic rings. The van der Waals surface area contributed by atoms with Crippen LogP contribution in [0.5, 0.6) is 0 Å². The summed E-state index contributed by atoms with van der Waals surface area (Å²) in [5, 5.41) is 4.16. The molecule has 0 bridgehead atoms. The minimum Gasteiger partial charge on any atom is -0.462 e. The molecule has 0 aliphatic heterocycles. The summed E-state index contributed by atoms with van der Waals surface area (Å²) in [5.41, 5.74) is 0.848. The lowest BCUT2D eigenvalue weighted by Gasteiger charge is -2.14. The van der Waals surface area contributed by atoms with Gasteiger partial charge in [-0.3, -0.25) is 0 Å². The van der Waals surface area contributed by atoms with Crippen LogP contribution in [0.4, 0.5) is 5.82 Å². The first-order valence-corrected chi connectivity index (χ1v) is 7.56. The highest BCUT2D eigenvalue weighted by molar-refractivity contribution is 7.20. The molecular weight excluding hydrogens is 290 g/mol. The van der Waals surface area contributed by atoms with E-state index < -0.39 is 0 Å². The van der Waals surface area contributed by atoms with E-state index in [1.54, 1.807) is 14.0 Å². The summed E-state index contributed by atoms with van der Waals surface area (Å²) in [7, 11) is 1.66. The fourth-order valence-corrected chi connectivity index (χ4v) is 3.14. The monoisotopic (exact) mass is 309 g/mol. The molecule has 1 N–H and O–H groups in total. The number of nitrogens with one attached hydrogen (secondary N) is 1. The number of nitrogens with zero attached hydrogens (tertiary/aromatic N) is 2. The molecule has 6 nitrogen and oxygen atoms in total. The number of rotatable bonds is 6. The van der Waals surface area contributed by atoms with Crippen molar-refractivity contribution in [3.63, 3.8) is 0 Å². The summed E-state index contributed by atoms with van der Waals surface area (Å²) < 4.78 is 10.2. The van der Waals surface area contributed by atoms with E-state index in [0.717, 1.165) is 15.8 Å². The Labute approximate surface area is 127 Å². The van der Waals surface area contributed by atoms with Gasteiger partial charge in [0.15, 0.2) is 0 Å². The van der Waals surface area contributed by atoms with Gasteiger partial charge >= 0.3 is 5.97 Å². The van der Waals surface area contributed by atoms with Gasteiger partial charge < -0.3 is 14.8 Å². The van der Waals surface area contributed by atoms with Crippen LogP contribution in [-0.2, 0) is 9.47 Å². The van der Waals surface area contributed by atoms with E-state index in [1.807, 2.05) is 13.8 Å². The van der Waals surface area contributed by atoms with Crippen molar-refractivity contribution in [2.24, 2.45) is 0 Å². The smallest absolute Gasteiger partial charge is 0.348 e. The quantitative estimate of drug-likeness (QED) is 0.827. The van der Waals surface area contributed by atoms with Crippen LogP contribution in [0.1, 0.15) is 29.1 Å². The SMILES string of the molecule is CCOC(=O)c1sc2ncnc(N[C@H](C)COC)c2c1C. The van der Waals surface area contributed by atoms with Crippen molar-refractivity contribution in [2.75, 3.05) is 25.6 Å². The van der Waals surface area contributed by atoms with E-state index in [0.29, 0.717) is 23.9 Å². The maximum Gasteiger partial charge on any atom is 0.348 e. The third kappa shape index (κ3) is 3.30. The number of ether oxygens (including phenoxy) is 2. The highest BCUT2D eigenvalue weighted by Gasteiger charge is 2.20. The lowest BCUT2D eigenvalue weighted by molar-refractivity contribution is 0.0531. The van der Waals surface area contributed by atoms with Crippen LogP contribution >= 0.6 is 11.3 Å². The molecule has 0 saturated heterocycles. The molecule has 2 heterocycles. The van der Waals surface area contributed by atoms with Gasteiger partial charge in [0.05, 0.1) is 18.6 Å². The number of anilines is 1. The Morgan fingerprint density at radius 2 is 2.24 bits per heavy atom. The highest BCUT2D eigenvalue weighted by Crippen LogP contribution is 2.33. The van der Waals surface area contributed by atoms with Gasteiger partial charge in [-0.15, -0.1) is 11.3 Å². The van der Waals surface area contributed by atoms with Crippen molar-refractivity contribution in [1.29, 1.82) is 0 Å². The van der Waals surface area contributed by atoms with Crippen LogP contribution in [0.15, 0.2) is 6.33 Å². The summed E-state index contributed by atoms with van der Waals surface area (Å²) in [4.78, 5) is 21.9. The maximum absolute atomic E-state index is 12.0. The van der Waals surface area contributed by atoms with Crippen molar-refractivity contribution in [3.05, 3.63) is 16.8 Å². The summed E-state index contributed by atoms with van der Waals surface area (Å²) in [5.74, 6) is 0.405. The zero-order chi connectivity index (χ0) is 15.4. The van der Waals surface area contributed by atoms with Crippen molar-refractivity contribution < 1.29 is 14.3 Å². The second kappa shape index (κ2) is 6.82. The van der Waals surface area contributed by atoms with Gasteiger partial charge in [0.2, 0.25) is 0 Å². The van der Waals surface area contributed by atoms with Crippen molar-refractivity contribution in [3.8, 4) is 0 Å². The van der Waals surface area contributed by atoms with Gasteiger partial charge in [0.1, 0.15) is 21.9 Å². The number of carbonyl (C=O) groups is 1.